The fraction of sp³-hybridized carbons (Fsp3) is 0.333. The monoisotopic (exact) mass is 402 g/mol. The highest BCUT2D eigenvalue weighted by molar-refractivity contribution is 5.99. The molecule has 5 rings (SSSR count). The lowest BCUT2D eigenvalue weighted by atomic mass is 10.1. The minimum atomic E-state index is 0.132. The number of imidazole rings is 1. The van der Waals surface area contributed by atoms with Gasteiger partial charge in [0.05, 0.1) is 12.9 Å². The summed E-state index contributed by atoms with van der Waals surface area (Å²) in [5.41, 5.74) is 4.14. The van der Waals surface area contributed by atoms with Gasteiger partial charge in [0.15, 0.2) is 0 Å². The molecule has 1 atom stereocenters. The number of hydrogen-bond acceptors (Lipinski definition) is 4. The predicted molar refractivity (Wildman–Crippen MR) is 114 cm³/mol. The Morgan fingerprint density at radius 2 is 2.00 bits per heavy atom. The summed E-state index contributed by atoms with van der Waals surface area (Å²) in [6.45, 7) is 3.85. The highest BCUT2D eigenvalue weighted by Crippen LogP contribution is 2.33. The van der Waals surface area contributed by atoms with Crippen molar-refractivity contribution in [3.63, 3.8) is 0 Å². The van der Waals surface area contributed by atoms with Gasteiger partial charge in [-0.05, 0) is 42.6 Å². The first-order valence-corrected chi connectivity index (χ1v) is 10.6. The van der Waals surface area contributed by atoms with Gasteiger partial charge in [0.25, 0.3) is 5.91 Å². The van der Waals surface area contributed by atoms with Crippen molar-refractivity contribution in [2.75, 3.05) is 13.1 Å². The Morgan fingerprint density at radius 1 is 1.13 bits per heavy atom. The van der Waals surface area contributed by atoms with Gasteiger partial charge in [-0.1, -0.05) is 30.3 Å². The summed E-state index contributed by atoms with van der Waals surface area (Å²) < 4.78 is 8.20. The number of aromatic nitrogens is 2. The van der Waals surface area contributed by atoms with Crippen LogP contribution in [0.5, 0.6) is 5.75 Å². The minimum Gasteiger partial charge on any atom is -0.489 e. The van der Waals surface area contributed by atoms with E-state index in [4.69, 9.17) is 4.74 Å². The molecule has 1 fully saturated rings. The van der Waals surface area contributed by atoms with Crippen molar-refractivity contribution >= 4 is 5.91 Å². The standard InChI is InChI=1S/C24H26N4O2/c29-24-21-4-1-5-23(22(21)15-28(24)20-3-2-10-25-13-20)30-16-19-8-6-18(7-9-19)14-27-12-11-26-17-27/h1,4-9,11-12,17,20,25H,2-3,10,13-16H2. The SMILES string of the molecule is O=C1c2cccc(OCc3ccc(Cn4ccnc4)cc3)c2CN1C1CCCNC1. The smallest absolute Gasteiger partial charge is 0.254 e. The second-order valence-electron chi connectivity index (χ2n) is 8.06. The molecule has 3 aromatic rings. The maximum Gasteiger partial charge on any atom is 0.254 e. The van der Waals surface area contributed by atoms with E-state index in [0.717, 1.165) is 54.9 Å². The van der Waals surface area contributed by atoms with Gasteiger partial charge in [0.1, 0.15) is 12.4 Å². The van der Waals surface area contributed by atoms with Gasteiger partial charge < -0.3 is 19.5 Å². The van der Waals surface area contributed by atoms with Gasteiger partial charge in [0, 0.05) is 42.7 Å². The van der Waals surface area contributed by atoms with E-state index in [1.807, 2.05) is 40.2 Å². The number of ether oxygens (including phenoxy) is 1. The molecule has 1 saturated heterocycles. The zero-order valence-electron chi connectivity index (χ0n) is 17.0. The molecule has 2 aliphatic heterocycles. The van der Waals surface area contributed by atoms with Crippen LogP contribution in [0, 0.1) is 0 Å². The molecule has 0 bridgehead atoms. The molecule has 6 nitrogen and oxygen atoms in total. The van der Waals surface area contributed by atoms with E-state index in [9.17, 15) is 4.79 Å². The molecule has 0 spiro atoms. The first-order valence-electron chi connectivity index (χ1n) is 10.6. The molecule has 0 saturated carbocycles. The quantitative estimate of drug-likeness (QED) is 0.688. The van der Waals surface area contributed by atoms with Crippen molar-refractivity contribution in [2.24, 2.45) is 0 Å². The van der Waals surface area contributed by atoms with Crippen molar-refractivity contribution in [2.45, 2.75) is 38.6 Å². The Balaban J connectivity index is 1.25. The lowest BCUT2D eigenvalue weighted by Crippen LogP contribution is -2.46. The molecule has 1 unspecified atom stereocenters. The number of amides is 1. The molecule has 1 aromatic heterocycles. The average molecular weight is 402 g/mol. The number of benzene rings is 2. The van der Waals surface area contributed by atoms with Crippen molar-refractivity contribution in [3.05, 3.63) is 83.4 Å². The molecular formula is C24H26N4O2. The van der Waals surface area contributed by atoms with Gasteiger partial charge in [-0.25, -0.2) is 4.98 Å². The number of nitrogens with zero attached hydrogens (tertiary/aromatic N) is 3. The fourth-order valence-electron chi connectivity index (χ4n) is 4.35. The summed E-state index contributed by atoms with van der Waals surface area (Å²) in [5.74, 6) is 0.947. The molecule has 154 valence electrons. The van der Waals surface area contributed by atoms with Crippen LogP contribution < -0.4 is 10.1 Å². The molecule has 1 amide bonds. The van der Waals surface area contributed by atoms with Crippen molar-refractivity contribution in [1.82, 2.24) is 19.8 Å². The van der Waals surface area contributed by atoms with Gasteiger partial charge in [-0.2, -0.15) is 0 Å². The number of nitrogens with one attached hydrogen (secondary N) is 1. The molecule has 0 radical (unpaired) electrons. The zero-order chi connectivity index (χ0) is 20.3. The molecule has 3 heterocycles. The normalized spacial score (nSPS) is 18.5. The number of piperidine rings is 1. The second kappa shape index (κ2) is 8.32. The number of rotatable bonds is 6. The Morgan fingerprint density at radius 3 is 2.77 bits per heavy atom. The van der Waals surface area contributed by atoms with Gasteiger partial charge in [0.2, 0.25) is 0 Å². The van der Waals surface area contributed by atoms with Crippen molar-refractivity contribution < 1.29 is 9.53 Å². The summed E-state index contributed by atoms with van der Waals surface area (Å²) in [6.07, 6.45) is 7.75. The van der Waals surface area contributed by atoms with Gasteiger partial charge >= 0.3 is 0 Å². The number of carbonyl (C=O) groups is 1. The van der Waals surface area contributed by atoms with Crippen molar-refractivity contribution in [3.8, 4) is 5.75 Å². The molecule has 1 N–H and O–H groups in total. The summed E-state index contributed by atoms with van der Waals surface area (Å²) in [6, 6.07) is 14.5. The summed E-state index contributed by atoms with van der Waals surface area (Å²) >= 11 is 0. The van der Waals surface area contributed by atoms with Crippen LogP contribution in [-0.4, -0.2) is 39.5 Å². The average Bonchev–Trinajstić information content (AvgIpc) is 3.42. The highest BCUT2D eigenvalue weighted by Gasteiger charge is 2.34. The number of carbonyl (C=O) groups excluding carboxylic acids is 1. The van der Waals surface area contributed by atoms with Crippen LogP contribution in [-0.2, 0) is 19.7 Å². The summed E-state index contributed by atoms with van der Waals surface area (Å²) in [7, 11) is 0. The molecule has 2 aliphatic rings. The topological polar surface area (TPSA) is 59.4 Å². The van der Waals surface area contributed by atoms with Gasteiger partial charge in [-0.3, -0.25) is 4.79 Å². The van der Waals surface area contributed by atoms with Gasteiger partial charge in [-0.15, -0.1) is 0 Å². The van der Waals surface area contributed by atoms with Crippen LogP contribution in [0.25, 0.3) is 0 Å². The number of hydrogen-bond donors (Lipinski definition) is 1. The predicted octanol–water partition coefficient (Wildman–Crippen LogP) is 3.22. The second-order valence-corrected chi connectivity index (χ2v) is 8.06. The Hall–Kier alpha value is -3.12. The third-order valence-electron chi connectivity index (χ3n) is 6.01. The molecule has 30 heavy (non-hydrogen) atoms. The minimum absolute atomic E-state index is 0.132. The Labute approximate surface area is 176 Å². The zero-order valence-corrected chi connectivity index (χ0v) is 17.0. The fourth-order valence-corrected chi connectivity index (χ4v) is 4.35. The lowest BCUT2D eigenvalue weighted by Gasteiger charge is -2.31. The molecule has 6 heteroatoms. The van der Waals surface area contributed by atoms with E-state index >= 15 is 0 Å². The van der Waals surface area contributed by atoms with Crippen LogP contribution in [0.3, 0.4) is 0 Å². The lowest BCUT2D eigenvalue weighted by molar-refractivity contribution is 0.0674. The highest BCUT2D eigenvalue weighted by atomic mass is 16.5. The van der Waals surface area contributed by atoms with E-state index in [1.54, 1.807) is 6.20 Å². The van der Waals surface area contributed by atoms with Crippen LogP contribution in [0.2, 0.25) is 0 Å². The van der Waals surface area contributed by atoms with Crippen LogP contribution in [0.1, 0.15) is 39.9 Å². The third-order valence-corrected chi connectivity index (χ3v) is 6.01. The van der Waals surface area contributed by atoms with Crippen molar-refractivity contribution in [1.29, 1.82) is 0 Å². The van der Waals surface area contributed by atoms with E-state index in [0.29, 0.717) is 13.2 Å². The molecule has 2 aromatic carbocycles. The van der Waals surface area contributed by atoms with Crippen LogP contribution >= 0.6 is 0 Å². The largest absolute Gasteiger partial charge is 0.489 e. The summed E-state index contributed by atoms with van der Waals surface area (Å²) in [4.78, 5) is 19.0. The Kier molecular flexibility index (Phi) is 5.24. The van der Waals surface area contributed by atoms with E-state index in [1.165, 1.54) is 5.56 Å². The first kappa shape index (κ1) is 18.9. The van der Waals surface area contributed by atoms with Crippen LogP contribution in [0.15, 0.2) is 61.2 Å². The Bertz CT molecular complexity index is 1010. The van der Waals surface area contributed by atoms with E-state index in [2.05, 4.69) is 34.6 Å². The summed E-state index contributed by atoms with van der Waals surface area (Å²) in [5, 5.41) is 3.41. The molecular weight excluding hydrogens is 376 g/mol. The van der Waals surface area contributed by atoms with E-state index < -0.39 is 0 Å². The maximum atomic E-state index is 12.9. The maximum absolute atomic E-state index is 12.9. The third kappa shape index (κ3) is 3.83. The first-order chi connectivity index (χ1) is 14.8. The van der Waals surface area contributed by atoms with E-state index in [-0.39, 0.29) is 11.9 Å². The number of fused-ring (bicyclic) bond motifs is 1. The molecule has 0 aliphatic carbocycles. The van der Waals surface area contributed by atoms with Crippen LogP contribution in [0.4, 0.5) is 0 Å².